The van der Waals surface area contributed by atoms with Gasteiger partial charge in [0, 0.05) is 17.7 Å². The summed E-state index contributed by atoms with van der Waals surface area (Å²) in [6.07, 6.45) is 1.94. The van der Waals surface area contributed by atoms with Crippen molar-refractivity contribution in [1.82, 2.24) is 0 Å². The number of benzene rings is 2. The standard InChI is InChI=1S/C22H21N3O5/c1-3-20-19(21(26)24(23-20)17-8-4-14(2)5-9-17)13-16(22(27)28)12-15-6-10-18(11-7-15)25(29)30/h4-12,19H,3,13H2,1-2H3,(H,27,28)/b16-12-. The van der Waals surface area contributed by atoms with Crippen LogP contribution in [0.4, 0.5) is 11.4 Å². The molecule has 0 fully saturated rings. The van der Waals surface area contributed by atoms with Crippen molar-refractivity contribution in [2.45, 2.75) is 26.7 Å². The zero-order valence-corrected chi connectivity index (χ0v) is 16.6. The number of hydrogen-bond donors (Lipinski definition) is 1. The highest BCUT2D eigenvalue weighted by atomic mass is 16.6. The summed E-state index contributed by atoms with van der Waals surface area (Å²) in [4.78, 5) is 35.1. The normalized spacial score (nSPS) is 16.5. The molecule has 1 heterocycles. The van der Waals surface area contributed by atoms with E-state index in [-0.39, 0.29) is 23.6 Å². The van der Waals surface area contributed by atoms with Crippen LogP contribution in [0.15, 0.2) is 59.2 Å². The Labute approximate surface area is 173 Å². The zero-order chi connectivity index (χ0) is 21.8. The van der Waals surface area contributed by atoms with E-state index < -0.39 is 16.8 Å². The molecule has 8 heteroatoms. The third kappa shape index (κ3) is 4.43. The Hall–Kier alpha value is -3.81. The van der Waals surface area contributed by atoms with Gasteiger partial charge in [-0.05, 0) is 55.7 Å². The summed E-state index contributed by atoms with van der Waals surface area (Å²) in [5, 5.41) is 26.2. The van der Waals surface area contributed by atoms with Crippen LogP contribution in [-0.4, -0.2) is 27.6 Å². The molecule has 2 aromatic carbocycles. The smallest absolute Gasteiger partial charge is 0.331 e. The third-order valence-electron chi connectivity index (χ3n) is 4.92. The molecular weight excluding hydrogens is 386 g/mol. The van der Waals surface area contributed by atoms with Crippen molar-refractivity contribution >= 4 is 35.0 Å². The number of amides is 1. The van der Waals surface area contributed by atoms with E-state index in [9.17, 15) is 24.8 Å². The van der Waals surface area contributed by atoms with Gasteiger partial charge in [-0.25, -0.2) is 9.80 Å². The van der Waals surface area contributed by atoms with Gasteiger partial charge in [0.1, 0.15) is 0 Å². The predicted octanol–water partition coefficient (Wildman–Crippen LogP) is 4.19. The van der Waals surface area contributed by atoms with Crippen LogP contribution >= 0.6 is 0 Å². The minimum atomic E-state index is -1.15. The monoisotopic (exact) mass is 407 g/mol. The molecular formula is C22H21N3O5. The van der Waals surface area contributed by atoms with Gasteiger partial charge in [-0.2, -0.15) is 5.10 Å². The topological polar surface area (TPSA) is 113 Å². The molecule has 0 saturated carbocycles. The average molecular weight is 407 g/mol. The lowest BCUT2D eigenvalue weighted by atomic mass is 9.92. The third-order valence-corrected chi connectivity index (χ3v) is 4.92. The van der Waals surface area contributed by atoms with Gasteiger partial charge < -0.3 is 5.11 Å². The van der Waals surface area contributed by atoms with E-state index in [2.05, 4.69) is 5.10 Å². The van der Waals surface area contributed by atoms with Gasteiger partial charge in [0.15, 0.2) is 0 Å². The van der Waals surface area contributed by atoms with Crippen molar-refractivity contribution in [1.29, 1.82) is 0 Å². The zero-order valence-electron chi connectivity index (χ0n) is 16.6. The molecule has 1 unspecified atom stereocenters. The van der Waals surface area contributed by atoms with Crippen LogP contribution in [0.2, 0.25) is 0 Å². The van der Waals surface area contributed by atoms with Crippen LogP contribution in [-0.2, 0) is 9.59 Å². The maximum atomic E-state index is 13.0. The lowest BCUT2D eigenvalue weighted by molar-refractivity contribution is -0.384. The molecule has 0 aliphatic carbocycles. The summed E-state index contributed by atoms with van der Waals surface area (Å²) >= 11 is 0. The van der Waals surface area contributed by atoms with E-state index in [0.717, 1.165) is 5.56 Å². The van der Waals surface area contributed by atoms with Crippen LogP contribution in [0.1, 0.15) is 30.9 Å². The number of nitrogens with zero attached hydrogens (tertiary/aromatic N) is 3. The number of hydrazone groups is 1. The molecule has 1 aliphatic heterocycles. The van der Waals surface area contributed by atoms with Crippen molar-refractivity contribution in [3.05, 3.63) is 75.3 Å². The van der Waals surface area contributed by atoms with E-state index >= 15 is 0 Å². The number of hydrogen-bond acceptors (Lipinski definition) is 5. The fraction of sp³-hybridized carbons (Fsp3) is 0.227. The number of anilines is 1. The Kier molecular flexibility index (Phi) is 6.06. The van der Waals surface area contributed by atoms with Gasteiger partial charge in [0.2, 0.25) is 0 Å². The van der Waals surface area contributed by atoms with Gasteiger partial charge in [-0.1, -0.05) is 24.6 Å². The van der Waals surface area contributed by atoms with Crippen LogP contribution in [0.5, 0.6) is 0 Å². The molecule has 154 valence electrons. The van der Waals surface area contributed by atoms with Crippen molar-refractivity contribution in [3.8, 4) is 0 Å². The number of non-ortho nitro benzene ring substituents is 1. The number of nitro benzene ring substituents is 1. The highest BCUT2D eigenvalue weighted by Gasteiger charge is 2.37. The summed E-state index contributed by atoms with van der Waals surface area (Å²) in [7, 11) is 0. The van der Waals surface area contributed by atoms with E-state index in [4.69, 9.17) is 0 Å². The predicted molar refractivity (Wildman–Crippen MR) is 113 cm³/mol. The molecule has 8 nitrogen and oxygen atoms in total. The van der Waals surface area contributed by atoms with E-state index in [1.54, 1.807) is 12.1 Å². The van der Waals surface area contributed by atoms with Crippen molar-refractivity contribution < 1.29 is 19.6 Å². The van der Waals surface area contributed by atoms with Gasteiger partial charge >= 0.3 is 5.97 Å². The molecule has 2 aromatic rings. The van der Waals surface area contributed by atoms with Crippen LogP contribution < -0.4 is 5.01 Å². The van der Waals surface area contributed by atoms with Crippen LogP contribution in [0, 0.1) is 23.0 Å². The van der Waals surface area contributed by atoms with Crippen LogP contribution in [0.3, 0.4) is 0 Å². The molecule has 3 rings (SSSR count). The summed E-state index contributed by atoms with van der Waals surface area (Å²) < 4.78 is 0. The van der Waals surface area contributed by atoms with E-state index in [0.29, 0.717) is 23.4 Å². The number of aryl methyl sites for hydroxylation is 1. The number of nitro groups is 1. The second kappa shape index (κ2) is 8.69. The Balaban J connectivity index is 1.86. The minimum Gasteiger partial charge on any atom is -0.478 e. The van der Waals surface area contributed by atoms with E-state index in [1.807, 2.05) is 26.0 Å². The Morgan fingerprint density at radius 3 is 2.37 bits per heavy atom. The highest BCUT2D eigenvalue weighted by Crippen LogP contribution is 2.30. The Bertz CT molecular complexity index is 1040. The van der Waals surface area contributed by atoms with Gasteiger partial charge in [-0.3, -0.25) is 14.9 Å². The van der Waals surface area contributed by atoms with Crippen molar-refractivity contribution in [3.63, 3.8) is 0 Å². The fourth-order valence-electron chi connectivity index (χ4n) is 3.25. The number of carbonyl (C=O) groups excluding carboxylic acids is 1. The molecule has 30 heavy (non-hydrogen) atoms. The van der Waals surface area contributed by atoms with Crippen LogP contribution in [0.25, 0.3) is 6.08 Å². The molecule has 0 spiro atoms. The largest absolute Gasteiger partial charge is 0.478 e. The SMILES string of the molecule is CCC1=NN(c2ccc(C)cc2)C(=O)C1C/C(=C/c1ccc([N+](=O)[O-])cc1)C(=O)O. The number of carbonyl (C=O) groups is 2. The highest BCUT2D eigenvalue weighted by molar-refractivity contribution is 6.16. The molecule has 1 atom stereocenters. The number of rotatable bonds is 7. The molecule has 1 amide bonds. The quantitative estimate of drug-likeness (QED) is 0.420. The van der Waals surface area contributed by atoms with Crippen molar-refractivity contribution in [2.24, 2.45) is 11.0 Å². The summed E-state index contributed by atoms with van der Waals surface area (Å²) in [5.41, 5.74) is 2.78. The molecule has 1 N–H and O–H groups in total. The Morgan fingerprint density at radius 1 is 1.20 bits per heavy atom. The lowest BCUT2D eigenvalue weighted by Crippen LogP contribution is -2.28. The first-order chi connectivity index (χ1) is 14.3. The summed E-state index contributed by atoms with van der Waals surface area (Å²) in [6, 6.07) is 12.9. The van der Waals surface area contributed by atoms with E-state index in [1.165, 1.54) is 35.4 Å². The molecule has 0 saturated heterocycles. The number of carboxylic acid groups (broad SMARTS) is 1. The van der Waals surface area contributed by atoms with Crippen molar-refractivity contribution in [2.75, 3.05) is 5.01 Å². The maximum absolute atomic E-state index is 13.0. The second-order valence-electron chi connectivity index (χ2n) is 7.01. The molecule has 1 aliphatic rings. The van der Waals surface area contributed by atoms with Gasteiger partial charge in [0.25, 0.3) is 11.6 Å². The lowest BCUT2D eigenvalue weighted by Gasteiger charge is -2.15. The number of carboxylic acids is 1. The second-order valence-corrected chi connectivity index (χ2v) is 7.01. The first-order valence-corrected chi connectivity index (χ1v) is 9.46. The first-order valence-electron chi connectivity index (χ1n) is 9.46. The van der Waals surface area contributed by atoms with Gasteiger partial charge in [0.05, 0.1) is 22.2 Å². The fourth-order valence-corrected chi connectivity index (χ4v) is 3.25. The average Bonchev–Trinajstić information content (AvgIpc) is 3.04. The number of aliphatic carboxylic acids is 1. The molecule has 0 radical (unpaired) electrons. The van der Waals surface area contributed by atoms with Gasteiger partial charge in [-0.15, -0.1) is 0 Å². The first kappa shape index (κ1) is 20.9. The Morgan fingerprint density at radius 2 is 1.83 bits per heavy atom. The summed E-state index contributed by atoms with van der Waals surface area (Å²) in [5.74, 6) is -2.09. The maximum Gasteiger partial charge on any atom is 0.331 e. The molecule has 0 bridgehead atoms. The molecule has 0 aromatic heterocycles. The summed E-state index contributed by atoms with van der Waals surface area (Å²) in [6.45, 7) is 3.82. The minimum absolute atomic E-state index is 0.0137.